The van der Waals surface area contributed by atoms with E-state index in [1.165, 1.54) is 12.1 Å². The lowest BCUT2D eigenvalue weighted by Gasteiger charge is -2.11. The molecule has 3 aromatic rings. The third-order valence-corrected chi connectivity index (χ3v) is 3.98. The summed E-state index contributed by atoms with van der Waals surface area (Å²) in [6.45, 7) is 0.904. The number of hydrogen-bond donors (Lipinski definition) is 2. The zero-order valence-electron chi connectivity index (χ0n) is 13.3. The number of aliphatic hydroxyl groups is 1. The Hall–Kier alpha value is -1.85. The van der Waals surface area contributed by atoms with Gasteiger partial charge in [0.25, 0.3) is 0 Å². The van der Waals surface area contributed by atoms with Crippen LogP contribution < -0.4 is 17.7 Å². The van der Waals surface area contributed by atoms with Crippen molar-refractivity contribution in [3.05, 3.63) is 82.8 Å². The van der Waals surface area contributed by atoms with Crippen LogP contribution in [0.3, 0.4) is 0 Å². The summed E-state index contributed by atoms with van der Waals surface area (Å²) in [6.07, 6.45) is -0.573. The molecular formula is C19H17Cl2FNO2-. The Morgan fingerprint density at radius 2 is 1.84 bits per heavy atom. The summed E-state index contributed by atoms with van der Waals surface area (Å²) < 4.78 is 18.9. The van der Waals surface area contributed by atoms with Crippen molar-refractivity contribution in [3.63, 3.8) is 0 Å². The summed E-state index contributed by atoms with van der Waals surface area (Å²) in [5, 5.41) is 13.3. The molecule has 1 heterocycles. The van der Waals surface area contributed by atoms with Crippen LogP contribution in [0.1, 0.15) is 17.4 Å². The number of rotatable bonds is 6. The molecule has 0 amide bonds. The summed E-state index contributed by atoms with van der Waals surface area (Å²) in [4.78, 5) is 0. The lowest BCUT2D eigenvalue weighted by molar-refractivity contribution is -0.00000762. The molecule has 0 aliphatic heterocycles. The van der Waals surface area contributed by atoms with Crippen molar-refractivity contribution in [3.8, 4) is 11.3 Å². The van der Waals surface area contributed by atoms with E-state index in [1.807, 2.05) is 42.5 Å². The van der Waals surface area contributed by atoms with Crippen molar-refractivity contribution in [2.24, 2.45) is 0 Å². The van der Waals surface area contributed by atoms with Crippen LogP contribution in [0.2, 0.25) is 5.02 Å². The second-order valence-electron chi connectivity index (χ2n) is 5.45. The Balaban J connectivity index is 0.00000225. The second kappa shape index (κ2) is 9.02. The number of hydrogen-bond acceptors (Lipinski definition) is 3. The summed E-state index contributed by atoms with van der Waals surface area (Å²) >= 11 is 5.79. The van der Waals surface area contributed by atoms with E-state index in [-0.39, 0.29) is 17.4 Å². The highest BCUT2D eigenvalue weighted by Crippen LogP contribution is 2.26. The fourth-order valence-electron chi connectivity index (χ4n) is 2.40. The Morgan fingerprint density at radius 3 is 2.56 bits per heavy atom. The van der Waals surface area contributed by atoms with Crippen molar-refractivity contribution < 1.29 is 26.3 Å². The van der Waals surface area contributed by atoms with Crippen LogP contribution >= 0.6 is 11.6 Å². The van der Waals surface area contributed by atoms with Crippen LogP contribution in [0.25, 0.3) is 11.3 Å². The quantitative estimate of drug-likeness (QED) is 0.682. The van der Waals surface area contributed by atoms with Crippen molar-refractivity contribution in [2.75, 3.05) is 6.54 Å². The molecule has 6 heteroatoms. The minimum Gasteiger partial charge on any atom is -1.00 e. The van der Waals surface area contributed by atoms with E-state index in [0.29, 0.717) is 18.8 Å². The van der Waals surface area contributed by atoms with Gasteiger partial charge in [0.2, 0.25) is 0 Å². The van der Waals surface area contributed by atoms with Crippen molar-refractivity contribution in [1.29, 1.82) is 0 Å². The standard InChI is InChI=1S/C19H17ClFNO2.ClH/c20-16-10-14(6-8-17(16)21)19-9-7-15(24-19)11-22-12-18(23)13-4-2-1-3-5-13;/h1-10,18,22-23H,11-12H2;1H/p-1. The summed E-state index contributed by atoms with van der Waals surface area (Å²) in [7, 11) is 0. The Labute approximate surface area is 156 Å². The van der Waals surface area contributed by atoms with Gasteiger partial charge in [-0.05, 0) is 35.9 Å². The first-order valence-corrected chi connectivity index (χ1v) is 7.99. The van der Waals surface area contributed by atoms with Gasteiger partial charge >= 0.3 is 0 Å². The molecule has 3 nitrogen and oxygen atoms in total. The SMILES string of the molecule is OC(CNCc1ccc(-c2ccc(F)c(Cl)c2)o1)c1ccccc1.[Cl-]. The normalized spacial score (nSPS) is 11.8. The molecule has 0 bridgehead atoms. The highest BCUT2D eigenvalue weighted by molar-refractivity contribution is 6.31. The number of halogens is 3. The number of benzene rings is 2. The topological polar surface area (TPSA) is 45.4 Å². The minimum absolute atomic E-state index is 0. The average Bonchev–Trinajstić information content (AvgIpc) is 3.07. The predicted molar refractivity (Wildman–Crippen MR) is 92.2 cm³/mol. The van der Waals surface area contributed by atoms with Gasteiger partial charge < -0.3 is 27.2 Å². The minimum atomic E-state index is -0.573. The van der Waals surface area contributed by atoms with Gasteiger partial charge in [0.05, 0.1) is 17.7 Å². The predicted octanol–water partition coefficient (Wildman–Crippen LogP) is 1.57. The first-order chi connectivity index (χ1) is 11.6. The molecule has 0 aliphatic carbocycles. The zero-order valence-corrected chi connectivity index (χ0v) is 14.8. The van der Waals surface area contributed by atoms with Gasteiger partial charge in [0.1, 0.15) is 17.3 Å². The second-order valence-corrected chi connectivity index (χ2v) is 5.86. The molecule has 1 unspecified atom stereocenters. The van der Waals surface area contributed by atoms with Gasteiger partial charge in [-0.25, -0.2) is 4.39 Å². The molecule has 132 valence electrons. The summed E-state index contributed by atoms with van der Waals surface area (Å²) in [6, 6.07) is 17.6. The molecule has 1 atom stereocenters. The van der Waals surface area contributed by atoms with Crippen molar-refractivity contribution in [1.82, 2.24) is 5.32 Å². The Kier molecular flexibility index (Phi) is 7.02. The van der Waals surface area contributed by atoms with Gasteiger partial charge in [-0.2, -0.15) is 0 Å². The van der Waals surface area contributed by atoms with Crippen LogP contribution in [-0.4, -0.2) is 11.7 Å². The van der Waals surface area contributed by atoms with Crippen LogP contribution in [0.4, 0.5) is 4.39 Å². The van der Waals surface area contributed by atoms with Gasteiger partial charge in [0.15, 0.2) is 0 Å². The molecule has 0 radical (unpaired) electrons. The van der Waals surface area contributed by atoms with E-state index in [9.17, 15) is 9.50 Å². The Bertz CT molecular complexity index is 808. The zero-order chi connectivity index (χ0) is 16.9. The molecular weight excluding hydrogens is 364 g/mol. The first-order valence-electron chi connectivity index (χ1n) is 7.61. The molecule has 0 aliphatic rings. The number of furan rings is 1. The van der Waals surface area contributed by atoms with Gasteiger partial charge in [-0.15, -0.1) is 0 Å². The van der Waals surface area contributed by atoms with Gasteiger partial charge in [-0.1, -0.05) is 41.9 Å². The third kappa shape index (κ3) is 5.06. The molecule has 0 spiro atoms. The molecule has 25 heavy (non-hydrogen) atoms. The largest absolute Gasteiger partial charge is 1.00 e. The van der Waals surface area contributed by atoms with Crippen LogP contribution in [0.5, 0.6) is 0 Å². The third-order valence-electron chi connectivity index (χ3n) is 3.69. The molecule has 0 fully saturated rings. The first kappa shape index (κ1) is 19.5. The smallest absolute Gasteiger partial charge is 0.141 e. The maximum Gasteiger partial charge on any atom is 0.141 e. The fraction of sp³-hybridized carbons (Fsp3) is 0.158. The van der Waals surface area contributed by atoms with E-state index in [2.05, 4.69) is 5.32 Å². The van der Waals surface area contributed by atoms with E-state index in [1.54, 1.807) is 6.07 Å². The van der Waals surface area contributed by atoms with Gasteiger partial charge in [-0.3, -0.25) is 0 Å². The lowest BCUT2D eigenvalue weighted by Crippen LogP contribution is -3.00. The number of aliphatic hydroxyl groups excluding tert-OH is 1. The molecule has 0 saturated heterocycles. The maximum absolute atomic E-state index is 13.2. The van der Waals surface area contributed by atoms with E-state index >= 15 is 0 Å². The number of nitrogens with one attached hydrogen (secondary N) is 1. The van der Waals surface area contributed by atoms with E-state index < -0.39 is 11.9 Å². The van der Waals surface area contributed by atoms with Crippen LogP contribution in [0, 0.1) is 5.82 Å². The highest BCUT2D eigenvalue weighted by Gasteiger charge is 2.09. The van der Waals surface area contributed by atoms with E-state index in [4.69, 9.17) is 16.0 Å². The van der Waals surface area contributed by atoms with Crippen LogP contribution in [0.15, 0.2) is 65.1 Å². The van der Waals surface area contributed by atoms with E-state index in [0.717, 1.165) is 16.9 Å². The molecule has 2 N–H and O–H groups in total. The van der Waals surface area contributed by atoms with Crippen molar-refractivity contribution >= 4 is 11.6 Å². The average molecular weight is 381 g/mol. The van der Waals surface area contributed by atoms with Crippen LogP contribution in [-0.2, 0) is 6.54 Å². The van der Waals surface area contributed by atoms with Gasteiger partial charge in [0, 0.05) is 12.1 Å². The Morgan fingerprint density at radius 1 is 1.08 bits per heavy atom. The molecule has 3 rings (SSSR count). The molecule has 0 saturated carbocycles. The highest BCUT2D eigenvalue weighted by atomic mass is 35.5. The summed E-state index contributed by atoms with van der Waals surface area (Å²) in [5.74, 6) is 0.895. The molecule has 1 aromatic heterocycles. The van der Waals surface area contributed by atoms with Crippen molar-refractivity contribution in [2.45, 2.75) is 12.6 Å². The fourth-order valence-corrected chi connectivity index (χ4v) is 2.58. The maximum atomic E-state index is 13.2. The summed E-state index contributed by atoms with van der Waals surface area (Å²) in [5.41, 5.74) is 1.59. The lowest BCUT2D eigenvalue weighted by atomic mass is 10.1. The molecule has 2 aromatic carbocycles. The monoisotopic (exact) mass is 380 g/mol.